The molecule has 0 atom stereocenters. The van der Waals surface area contributed by atoms with E-state index in [4.69, 9.17) is 16.0 Å². The van der Waals surface area contributed by atoms with Gasteiger partial charge in [0.05, 0.1) is 39.3 Å². The van der Waals surface area contributed by atoms with E-state index < -0.39 is 0 Å². The number of piperidine rings is 2. The highest BCUT2D eigenvalue weighted by Crippen LogP contribution is 2.35. The summed E-state index contributed by atoms with van der Waals surface area (Å²) < 4.78 is 9.11. The fraction of sp³-hybridized carbons (Fsp3) is 0.326. The number of amides is 2. The molecule has 7 aromatic rings. The Kier molecular flexibility index (Phi) is 11.1. The van der Waals surface area contributed by atoms with Crippen molar-refractivity contribution in [2.45, 2.75) is 52.4 Å². The molecule has 0 unspecified atom stereocenters. The molecule has 2 aliphatic heterocycles. The van der Waals surface area contributed by atoms with E-state index in [0.717, 1.165) is 113 Å². The summed E-state index contributed by atoms with van der Waals surface area (Å²) in [5.41, 5.74) is 8.39. The third-order valence-electron chi connectivity index (χ3n) is 10.5. The zero-order valence-corrected chi connectivity index (χ0v) is 33.9. The van der Waals surface area contributed by atoms with Crippen molar-refractivity contribution in [3.63, 3.8) is 0 Å². The molecular weight excluding hydrogens is 754 g/mol. The molecule has 0 saturated carbocycles. The second-order valence-electron chi connectivity index (χ2n) is 15.0. The van der Waals surface area contributed by atoms with Gasteiger partial charge < -0.3 is 24.9 Å². The van der Waals surface area contributed by atoms with Crippen molar-refractivity contribution in [2.24, 2.45) is 14.1 Å². The number of hydrogen-bond donors (Lipinski definition) is 2. The van der Waals surface area contributed by atoms with Gasteiger partial charge in [0.2, 0.25) is 5.89 Å². The minimum atomic E-state index is -0.309. The molecule has 2 amide bonds. The third-order valence-corrected chi connectivity index (χ3v) is 10.9. The molecule has 298 valence electrons. The molecule has 2 aliphatic rings. The fourth-order valence-electron chi connectivity index (χ4n) is 7.47. The summed E-state index contributed by atoms with van der Waals surface area (Å²) in [5, 5.41) is 17.4. The van der Waals surface area contributed by atoms with E-state index in [0.29, 0.717) is 16.7 Å². The van der Waals surface area contributed by atoms with Crippen LogP contribution in [0.1, 0.15) is 70.8 Å². The summed E-state index contributed by atoms with van der Waals surface area (Å²) in [6, 6.07) is 15.3. The Balaban J connectivity index is 0.000000164. The number of aromatic nitrogens is 7. The maximum absolute atomic E-state index is 13.0. The van der Waals surface area contributed by atoms with Gasteiger partial charge >= 0.3 is 0 Å². The van der Waals surface area contributed by atoms with Crippen molar-refractivity contribution in [1.82, 2.24) is 34.5 Å². The molecule has 2 aromatic carbocycles. The lowest BCUT2D eigenvalue weighted by Crippen LogP contribution is -2.30. The standard InChI is InChI=1S/C23H24N6O2.C20H22ClN5O/c1-15-6-7-16(12-24-15)23-26-20(14-31-23)22(30)25-19-10-17-13-28(2)27-18(17)11-21(19)29-8-4-3-5-9-29;1-13-6-7-15(22-19(13)21)20(27)23-17-10-14-12-25(2)24-16(14)11-18(17)26-8-4-3-5-9-26/h6-7,10-14H,3-5,8-9H2,1-2H3,(H,25,30);6-7,10-12H,3-5,8-9H2,1-2H3,(H,23,27). The molecule has 2 saturated heterocycles. The molecule has 14 nitrogen and oxygen atoms in total. The lowest BCUT2D eigenvalue weighted by molar-refractivity contribution is 0.101. The Hall–Kier alpha value is -6.28. The van der Waals surface area contributed by atoms with Crippen LogP contribution in [0, 0.1) is 13.8 Å². The Morgan fingerprint density at radius 2 is 1.24 bits per heavy atom. The largest absolute Gasteiger partial charge is 0.444 e. The number of nitrogens with one attached hydrogen (secondary N) is 2. The zero-order valence-electron chi connectivity index (χ0n) is 33.1. The first-order valence-corrected chi connectivity index (χ1v) is 20.0. The Morgan fingerprint density at radius 1 is 0.690 bits per heavy atom. The van der Waals surface area contributed by atoms with Crippen molar-refractivity contribution in [2.75, 3.05) is 46.6 Å². The van der Waals surface area contributed by atoms with Crippen LogP contribution in [0.5, 0.6) is 0 Å². The molecule has 7 heterocycles. The van der Waals surface area contributed by atoms with Gasteiger partial charge in [-0.2, -0.15) is 10.2 Å². The Morgan fingerprint density at radius 3 is 1.76 bits per heavy atom. The highest BCUT2D eigenvalue weighted by molar-refractivity contribution is 6.30. The van der Waals surface area contributed by atoms with Crippen LogP contribution in [0.15, 0.2) is 77.8 Å². The van der Waals surface area contributed by atoms with Gasteiger partial charge in [-0.3, -0.25) is 23.9 Å². The number of halogens is 1. The molecule has 0 aliphatic carbocycles. The number of rotatable bonds is 7. The topological polar surface area (TPSA) is 152 Å². The van der Waals surface area contributed by atoms with Crippen LogP contribution in [0.3, 0.4) is 0 Å². The molecule has 2 fully saturated rings. The molecular formula is C43H46ClN11O3. The zero-order chi connectivity index (χ0) is 40.3. The lowest BCUT2D eigenvalue weighted by Gasteiger charge is -2.30. The Bertz CT molecular complexity index is 2600. The molecule has 15 heteroatoms. The maximum Gasteiger partial charge on any atom is 0.277 e. The molecule has 0 spiro atoms. The first-order valence-electron chi connectivity index (χ1n) is 19.7. The van der Waals surface area contributed by atoms with E-state index in [1.54, 1.807) is 27.7 Å². The van der Waals surface area contributed by atoms with E-state index in [1.165, 1.54) is 19.1 Å². The van der Waals surface area contributed by atoms with E-state index in [2.05, 4.69) is 57.7 Å². The smallest absolute Gasteiger partial charge is 0.277 e. The number of anilines is 4. The molecule has 0 bridgehead atoms. The minimum absolute atomic E-state index is 0.228. The fourth-order valence-corrected chi connectivity index (χ4v) is 7.62. The molecule has 9 rings (SSSR count). The van der Waals surface area contributed by atoms with Crippen LogP contribution < -0.4 is 20.4 Å². The van der Waals surface area contributed by atoms with E-state index in [-0.39, 0.29) is 17.5 Å². The number of benzene rings is 2. The number of fused-ring (bicyclic) bond motifs is 2. The summed E-state index contributed by atoms with van der Waals surface area (Å²) in [4.78, 5) is 43.2. The van der Waals surface area contributed by atoms with Crippen LogP contribution in [-0.2, 0) is 14.1 Å². The SMILES string of the molecule is Cc1ccc(-c2nc(C(=O)Nc3cc4cn(C)nc4cc3N3CCCCC3)co2)cn1.Cc1ccc(C(=O)Nc2cc3cn(C)nc3cc2N2CCCCC2)nc1Cl. The molecule has 0 radical (unpaired) electrons. The van der Waals surface area contributed by atoms with Crippen molar-refractivity contribution < 1.29 is 14.0 Å². The van der Waals surface area contributed by atoms with Crippen LogP contribution in [0.4, 0.5) is 22.7 Å². The number of carbonyl (C=O) groups excluding carboxylic acids is 2. The predicted molar refractivity (Wildman–Crippen MR) is 228 cm³/mol. The van der Waals surface area contributed by atoms with Crippen LogP contribution in [0.25, 0.3) is 33.3 Å². The van der Waals surface area contributed by atoms with Crippen LogP contribution >= 0.6 is 11.6 Å². The highest BCUT2D eigenvalue weighted by atomic mass is 35.5. The van der Waals surface area contributed by atoms with Crippen molar-refractivity contribution in [1.29, 1.82) is 0 Å². The van der Waals surface area contributed by atoms with Crippen molar-refractivity contribution >= 4 is 68.0 Å². The normalized spacial score (nSPS) is 14.4. The van der Waals surface area contributed by atoms with Gasteiger partial charge in [-0.1, -0.05) is 17.7 Å². The van der Waals surface area contributed by atoms with Gasteiger partial charge in [0.25, 0.3) is 11.8 Å². The van der Waals surface area contributed by atoms with E-state index >= 15 is 0 Å². The maximum atomic E-state index is 13.0. The van der Waals surface area contributed by atoms with Crippen LogP contribution in [-0.4, -0.2) is 72.5 Å². The molecule has 2 N–H and O–H groups in total. The third kappa shape index (κ3) is 8.52. The first kappa shape index (κ1) is 38.6. The summed E-state index contributed by atoms with van der Waals surface area (Å²) in [6.07, 6.45) is 14.0. The minimum Gasteiger partial charge on any atom is -0.444 e. The number of hydrogen-bond acceptors (Lipinski definition) is 10. The van der Waals surface area contributed by atoms with E-state index in [9.17, 15) is 9.59 Å². The molecule has 58 heavy (non-hydrogen) atoms. The average molecular weight is 800 g/mol. The predicted octanol–water partition coefficient (Wildman–Crippen LogP) is 8.35. The van der Waals surface area contributed by atoms with Crippen LogP contribution in [0.2, 0.25) is 5.15 Å². The quantitative estimate of drug-likeness (QED) is 0.151. The van der Waals surface area contributed by atoms with Crippen molar-refractivity contribution in [3.05, 3.63) is 101 Å². The summed E-state index contributed by atoms with van der Waals surface area (Å²) >= 11 is 6.08. The number of pyridine rings is 2. The number of nitrogens with zero attached hydrogens (tertiary/aromatic N) is 9. The summed E-state index contributed by atoms with van der Waals surface area (Å²) in [5.74, 6) is -0.202. The van der Waals surface area contributed by atoms with Gasteiger partial charge in [0, 0.05) is 75.3 Å². The van der Waals surface area contributed by atoms with Gasteiger partial charge in [0.15, 0.2) is 5.69 Å². The Labute approximate surface area is 341 Å². The van der Waals surface area contributed by atoms with Gasteiger partial charge in [-0.05, 0) is 100 Å². The molecule has 5 aromatic heterocycles. The second-order valence-corrected chi connectivity index (χ2v) is 15.4. The highest BCUT2D eigenvalue weighted by Gasteiger charge is 2.22. The van der Waals surface area contributed by atoms with Gasteiger partial charge in [-0.25, -0.2) is 9.97 Å². The number of carbonyl (C=O) groups is 2. The summed E-state index contributed by atoms with van der Waals surface area (Å²) in [7, 11) is 3.80. The van der Waals surface area contributed by atoms with Crippen molar-refractivity contribution in [3.8, 4) is 11.5 Å². The van der Waals surface area contributed by atoms with Gasteiger partial charge in [0.1, 0.15) is 17.1 Å². The first-order chi connectivity index (χ1) is 28.1. The van der Waals surface area contributed by atoms with Gasteiger partial charge in [-0.15, -0.1) is 0 Å². The number of aryl methyl sites for hydroxylation is 4. The van der Waals surface area contributed by atoms with E-state index in [1.807, 2.05) is 64.6 Å². The summed E-state index contributed by atoms with van der Waals surface area (Å²) in [6.45, 7) is 7.68. The monoisotopic (exact) mass is 799 g/mol. The lowest BCUT2D eigenvalue weighted by atomic mass is 10.1. The number of oxazole rings is 1. The second kappa shape index (κ2) is 16.7. The average Bonchev–Trinajstić information content (AvgIpc) is 3.96.